The van der Waals surface area contributed by atoms with Crippen molar-refractivity contribution in [3.63, 3.8) is 0 Å². The number of carbonyl (C=O) groups excluding carboxylic acids is 3. The first-order valence-electron chi connectivity index (χ1n) is 11.5. The van der Waals surface area contributed by atoms with Crippen molar-refractivity contribution in [1.29, 1.82) is 0 Å². The number of hydrogen-bond donors (Lipinski definition) is 1. The first kappa shape index (κ1) is 24.5. The van der Waals surface area contributed by atoms with Gasteiger partial charge in [0.15, 0.2) is 0 Å². The second-order valence-electron chi connectivity index (χ2n) is 9.19. The molecular weight excluding hydrogens is 506 g/mol. The van der Waals surface area contributed by atoms with Crippen LogP contribution in [-0.4, -0.2) is 52.7 Å². The van der Waals surface area contributed by atoms with Crippen LogP contribution in [0.4, 0.5) is 10.1 Å². The van der Waals surface area contributed by atoms with E-state index in [1.165, 1.54) is 0 Å². The first-order chi connectivity index (χ1) is 17.2. The average Bonchev–Trinajstić information content (AvgIpc) is 3.10. The summed E-state index contributed by atoms with van der Waals surface area (Å²) in [4.78, 5) is 39.9. The Morgan fingerprint density at radius 3 is 2.67 bits per heavy atom. The summed E-state index contributed by atoms with van der Waals surface area (Å²) in [5.41, 5.74) is 1.71. The number of benzene rings is 2. The molecule has 3 aliphatic heterocycles. The Bertz CT molecular complexity index is 1350. The Balaban J connectivity index is 1.78. The number of anilines is 1. The van der Waals surface area contributed by atoms with E-state index in [0.29, 0.717) is 28.0 Å². The highest BCUT2D eigenvalue weighted by atomic mass is 35.5. The van der Waals surface area contributed by atoms with Crippen LogP contribution in [0.5, 0.6) is 0 Å². The van der Waals surface area contributed by atoms with Crippen LogP contribution in [0.25, 0.3) is 0 Å². The van der Waals surface area contributed by atoms with Crippen molar-refractivity contribution in [2.75, 3.05) is 18.4 Å². The number of rotatable bonds is 5. The molecule has 1 N–H and O–H groups in total. The number of piperidine rings is 1. The Morgan fingerprint density at radius 1 is 1.22 bits per heavy atom. The Labute approximate surface area is 217 Å². The summed E-state index contributed by atoms with van der Waals surface area (Å²) in [5, 5.41) is 9.24. The minimum Gasteiger partial charge on any atom is -0.341 e. The zero-order valence-corrected chi connectivity index (χ0v) is 20.9. The van der Waals surface area contributed by atoms with Gasteiger partial charge in [0.05, 0.1) is 6.04 Å². The zero-order valence-electron chi connectivity index (χ0n) is 19.4. The number of fused-ring (bicyclic) bond motifs is 3. The van der Waals surface area contributed by atoms with Gasteiger partial charge < -0.3 is 10.2 Å². The van der Waals surface area contributed by atoms with Gasteiger partial charge in [-0.1, -0.05) is 60.5 Å². The summed E-state index contributed by atoms with van der Waals surface area (Å²) >= 11 is 12.6. The summed E-state index contributed by atoms with van der Waals surface area (Å²) < 4.78 is 13.2. The van der Waals surface area contributed by atoms with Crippen molar-refractivity contribution >= 4 is 52.6 Å². The van der Waals surface area contributed by atoms with Crippen LogP contribution < -0.4 is 5.32 Å². The van der Waals surface area contributed by atoms with Gasteiger partial charge in [-0.15, -0.1) is 0 Å². The number of hydrogen-bond acceptors (Lipinski definition) is 5. The first-order valence-corrected chi connectivity index (χ1v) is 12.3. The van der Waals surface area contributed by atoms with E-state index in [0.717, 1.165) is 21.7 Å². The molecule has 0 saturated carbocycles. The molecule has 10 heteroatoms. The molecule has 2 aromatic rings. The third kappa shape index (κ3) is 3.71. The largest absolute Gasteiger partial charge is 0.341 e. The number of hydrazone groups is 1. The minimum absolute atomic E-state index is 0.171. The van der Waals surface area contributed by atoms with Crippen LogP contribution in [0.3, 0.4) is 0 Å². The molecule has 3 atom stereocenters. The smallest absolute Gasteiger partial charge is 0.322 e. The van der Waals surface area contributed by atoms with E-state index in [-0.39, 0.29) is 18.9 Å². The molecule has 1 fully saturated rings. The van der Waals surface area contributed by atoms with Crippen molar-refractivity contribution in [2.45, 2.75) is 37.1 Å². The summed E-state index contributed by atoms with van der Waals surface area (Å²) in [7, 11) is 0. The standard InChI is InChI=1S/C26H23Cl2FN4O3/c1-3-14(2)24-26(18-8-7-17(28)10-20(18)30-25(26)36)19(15-5-4-6-16(27)9-15)11-22-31-33(12-21(29)34)23(35)13-32(22)24/h4-10,19,24H,2-3,11-13H2,1H3,(H,30,36)/t19-,24+,26?/m0/s1. The third-order valence-electron chi connectivity index (χ3n) is 7.26. The fourth-order valence-electron chi connectivity index (χ4n) is 5.78. The Hall–Kier alpha value is -3.23. The molecule has 5 rings (SSSR count). The van der Waals surface area contributed by atoms with Crippen LogP contribution in [-0.2, 0) is 19.8 Å². The molecule has 3 heterocycles. The van der Waals surface area contributed by atoms with Gasteiger partial charge in [0.2, 0.25) is 5.91 Å². The fourth-order valence-corrected chi connectivity index (χ4v) is 6.15. The number of amidine groups is 1. The number of amides is 2. The summed E-state index contributed by atoms with van der Waals surface area (Å²) in [5.74, 6) is -0.763. The molecule has 186 valence electrons. The van der Waals surface area contributed by atoms with Crippen LogP contribution >= 0.6 is 23.2 Å². The Morgan fingerprint density at radius 2 is 1.97 bits per heavy atom. The molecule has 1 saturated heterocycles. The van der Waals surface area contributed by atoms with Crippen LogP contribution in [0, 0.1) is 0 Å². The van der Waals surface area contributed by atoms with Gasteiger partial charge in [0.1, 0.15) is 24.3 Å². The molecule has 2 amide bonds. The zero-order chi connectivity index (χ0) is 25.8. The van der Waals surface area contributed by atoms with E-state index in [1.807, 2.05) is 31.2 Å². The van der Waals surface area contributed by atoms with Crippen molar-refractivity contribution < 1.29 is 18.8 Å². The molecule has 3 aliphatic rings. The van der Waals surface area contributed by atoms with Gasteiger partial charge in [-0.25, -0.2) is 5.01 Å². The molecular formula is C26H23Cl2FN4O3. The van der Waals surface area contributed by atoms with E-state index in [9.17, 15) is 18.8 Å². The van der Waals surface area contributed by atoms with E-state index in [4.69, 9.17) is 23.2 Å². The van der Waals surface area contributed by atoms with E-state index < -0.39 is 35.9 Å². The molecule has 0 aromatic heterocycles. The maximum absolute atomic E-state index is 14.1. The van der Waals surface area contributed by atoms with Gasteiger partial charge in [-0.3, -0.25) is 14.4 Å². The number of carbonyl (C=O) groups is 3. The van der Waals surface area contributed by atoms with Crippen molar-refractivity contribution in [1.82, 2.24) is 9.91 Å². The van der Waals surface area contributed by atoms with Gasteiger partial charge in [-0.2, -0.15) is 9.49 Å². The van der Waals surface area contributed by atoms with Gasteiger partial charge >= 0.3 is 6.04 Å². The lowest BCUT2D eigenvalue weighted by molar-refractivity contribution is -0.142. The molecule has 2 aromatic carbocycles. The molecule has 1 spiro atoms. The maximum Gasteiger partial charge on any atom is 0.322 e. The van der Waals surface area contributed by atoms with Crippen LogP contribution in [0.2, 0.25) is 10.0 Å². The van der Waals surface area contributed by atoms with Crippen molar-refractivity contribution in [3.8, 4) is 0 Å². The van der Waals surface area contributed by atoms with Gasteiger partial charge in [-0.05, 0) is 41.8 Å². The highest BCUT2D eigenvalue weighted by Gasteiger charge is 2.63. The highest BCUT2D eigenvalue weighted by Crippen LogP contribution is 2.57. The van der Waals surface area contributed by atoms with E-state index >= 15 is 0 Å². The summed E-state index contributed by atoms with van der Waals surface area (Å²) in [6.07, 6.45) is 0.781. The second kappa shape index (κ2) is 9.01. The predicted octanol–water partition coefficient (Wildman–Crippen LogP) is 4.66. The lowest BCUT2D eigenvalue weighted by Gasteiger charge is -2.54. The SMILES string of the molecule is C=C(CC)[C@H]1N2CC(=O)N(CC(=O)F)N=C2C[C@@H](c2cccc(Cl)c2)C12C(=O)Nc1cc(Cl)ccc12. The number of nitrogens with one attached hydrogen (secondary N) is 1. The second-order valence-corrected chi connectivity index (χ2v) is 10.1. The topological polar surface area (TPSA) is 82.1 Å². The average molecular weight is 529 g/mol. The van der Waals surface area contributed by atoms with Crippen molar-refractivity contribution in [2.24, 2.45) is 5.10 Å². The molecule has 7 nitrogen and oxygen atoms in total. The maximum atomic E-state index is 14.1. The minimum atomic E-state index is -1.66. The van der Waals surface area contributed by atoms with Crippen LogP contribution in [0.15, 0.2) is 59.7 Å². The fraction of sp³-hybridized carbons (Fsp3) is 0.308. The van der Waals surface area contributed by atoms with Crippen LogP contribution in [0.1, 0.15) is 36.8 Å². The third-order valence-corrected chi connectivity index (χ3v) is 7.73. The monoisotopic (exact) mass is 528 g/mol. The summed E-state index contributed by atoms with van der Waals surface area (Å²) in [6, 6.07) is 10.3. The number of halogens is 3. The normalized spacial score (nSPS) is 24.8. The van der Waals surface area contributed by atoms with Crippen molar-refractivity contribution in [3.05, 3.63) is 75.8 Å². The quantitative estimate of drug-likeness (QED) is 0.452. The molecule has 0 bridgehead atoms. The number of nitrogens with zero attached hydrogens (tertiary/aromatic N) is 3. The highest BCUT2D eigenvalue weighted by molar-refractivity contribution is 6.31. The predicted molar refractivity (Wildman–Crippen MR) is 136 cm³/mol. The van der Waals surface area contributed by atoms with E-state index in [2.05, 4.69) is 17.0 Å². The molecule has 1 unspecified atom stereocenters. The Kier molecular flexibility index (Phi) is 6.12. The molecule has 0 aliphatic carbocycles. The van der Waals surface area contributed by atoms with Gasteiger partial charge in [0.25, 0.3) is 5.91 Å². The molecule has 36 heavy (non-hydrogen) atoms. The lowest BCUT2D eigenvalue weighted by Crippen LogP contribution is -2.66. The lowest BCUT2D eigenvalue weighted by atomic mass is 9.58. The molecule has 0 radical (unpaired) electrons. The van der Waals surface area contributed by atoms with Gasteiger partial charge in [0, 0.05) is 28.1 Å². The van der Waals surface area contributed by atoms with E-state index in [1.54, 1.807) is 23.1 Å². The summed E-state index contributed by atoms with van der Waals surface area (Å²) in [6.45, 7) is 5.31.